The van der Waals surface area contributed by atoms with Crippen LogP contribution in [0.3, 0.4) is 0 Å². The Kier molecular flexibility index (Phi) is 24.0. The van der Waals surface area contributed by atoms with Crippen molar-refractivity contribution in [2.45, 2.75) is 39.2 Å². The highest BCUT2D eigenvalue weighted by Gasteiger charge is 2.17. The van der Waals surface area contributed by atoms with Crippen LogP contribution in [-0.4, -0.2) is 93.9 Å². The summed E-state index contributed by atoms with van der Waals surface area (Å²) in [6, 6.07) is 0. The summed E-state index contributed by atoms with van der Waals surface area (Å²) in [5, 5.41) is 20.0. The first-order valence-electron chi connectivity index (χ1n) is 9.41. The lowest BCUT2D eigenvalue weighted by atomic mass is 10.2. The molecule has 0 radical (unpaired) electrons. The van der Waals surface area contributed by atoms with Gasteiger partial charge in [0.1, 0.15) is 12.4 Å². The topological polar surface area (TPSA) is 141 Å². The average molecular weight is 409 g/mol. The van der Waals surface area contributed by atoms with Gasteiger partial charge in [-0.15, -0.1) is 0 Å². The Morgan fingerprint density at radius 2 is 1.32 bits per heavy atom. The predicted molar refractivity (Wildman–Crippen MR) is 101 cm³/mol. The number of amides is 1. The van der Waals surface area contributed by atoms with Crippen LogP contribution in [-0.2, 0) is 33.3 Å². The second kappa shape index (κ2) is 23.4. The molecule has 0 bridgehead atoms. The first-order valence-corrected chi connectivity index (χ1v) is 9.41. The van der Waals surface area contributed by atoms with Gasteiger partial charge < -0.3 is 39.3 Å². The van der Waals surface area contributed by atoms with Crippen molar-refractivity contribution in [3.05, 3.63) is 0 Å². The van der Waals surface area contributed by atoms with Gasteiger partial charge in [0.2, 0.25) is 5.91 Å². The number of hydrogen-bond donors (Lipinski definition) is 3. The van der Waals surface area contributed by atoms with E-state index in [2.05, 4.69) is 19.2 Å². The number of aliphatic hydroxyl groups is 1. The SMILES string of the molecule is CCC.O=CCCOCCOCCOCCOCCNC(=O)C(O)CC(=O)O. The number of rotatable bonds is 18. The van der Waals surface area contributed by atoms with Gasteiger partial charge in [0.15, 0.2) is 0 Å². The van der Waals surface area contributed by atoms with Gasteiger partial charge in [0, 0.05) is 13.0 Å². The van der Waals surface area contributed by atoms with E-state index in [0.717, 1.165) is 6.29 Å². The minimum atomic E-state index is -1.56. The third-order valence-electron chi connectivity index (χ3n) is 2.71. The average Bonchev–Trinajstić information content (AvgIpc) is 2.64. The number of aliphatic carboxylic acids is 1. The monoisotopic (exact) mass is 409 g/mol. The highest BCUT2D eigenvalue weighted by Crippen LogP contribution is 1.91. The summed E-state index contributed by atoms with van der Waals surface area (Å²) in [7, 11) is 0. The van der Waals surface area contributed by atoms with Crippen molar-refractivity contribution in [2.24, 2.45) is 0 Å². The van der Waals surface area contributed by atoms with E-state index < -0.39 is 24.4 Å². The normalized spacial score (nSPS) is 11.2. The molecule has 0 aliphatic carbocycles. The molecule has 0 heterocycles. The molecule has 0 fully saturated rings. The fraction of sp³-hybridized carbons (Fsp3) is 0.833. The number of carbonyl (C=O) groups excluding carboxylic acids is 2. The maximum absolute atomic E-state index is 11.3. The molecule has 0 aliphatic heterocycles. The van der Waals surface area contributed by atoms with E-state index in [1.54, 1.807) is 0 Å². The highest BCUT2D eigenvalue weighted by atomic mass is 16.6. The summed E-state index contributed by atoms with van der Waals surface area (Å²) in [6.45, 7) is 7.46. The van der Waals surface area contributed by atoms with Crippen molar-refractivity contribution in [2.75, 3.05) is 59.4 Å². The zero-order chi connectivity index (χ0) is 21.5. The standard InChI is InChI=1S/C15H27NO9.C3H8/c17-3-1-4-22-6-8-24-10-11-25-9-7-23-5-2-16-15(21)13(18)12-14(19)20;1-3-2/h3,13,18H,1-2,4-12H2,(H,16,21)(H,19,20);3H2,1-2H3. The van der Waals surface area contributed by atoms with E-state index in [-0.39, 0.29) is 13.2 Å². The van der Waals surface area contributed by atoms with Gasteiger partial charge in [0.25, 0.3) is 0 Å². The molecular formula is C18H35NO9. The molecule has 166 valence electrons. The number of hydrogen-bond acceptors (Lipinski definition) is 8. The van der Waals surface area contributed by atoms with E-state index in [4.69, 9.17) is 24.1 Å². The van der Waals surface area contributed by atoms with Crippen molar-refractivity contribution < 1.29 is 43.5 Å². The van der Waals surface area contributed by atoms with Crippen molar-refractivity contribution in [3.8, 4) is 0 Å². The minimum absolute atomic E-state index is 0.169. The van der Waals surface area contributed by atoms with Crippen LogP contribution >= 0.6 is 0 Å². The van der Waals surface area contributed by atoms with E-state index in [1.807, 2.05) is 0 Å². The van der Waals surface area contributed by atoms with Crippen LogP contribution < -0.4 is 5.32 Å². The fourth-order valence-corrected chi connectivity index (χ4v) is 1.52. The molecule has 28 heavy (non-hydrogen) atoms. The van der Waals surface area contributed by atoms with Crippen LogP contribution in [0.15, 0.2) is 0 Å². The molecule has 10 heteroatoms. The minimum Gasteiger partial charge on any atom is -0.481 e. The second-order valence-corrected chi connectivity index (χ2v) is 5.52. The molecule has 0 aromatic rings. The molecule has 1 amide bonds. The van der Waals surface area contributed by atoms with Crippen LogP contribution in [0.25, 0.3) is 0 Å². The van der Waals surface area contributed by atoms with Gasteiger partial charge in [-0.2, -0.15) is 0 Å². The summed E-state index contributed by atoms with van der Waals surface area (Å²) < 4.78 is 20.8. The summed E-state index contributed by atoms with van der Waals surface area (Å²) in [5.74, 6) is -1.99. The van der Waals surface area contributed by atoms with E-state index in [9.17, 15) is 19.5 Å². The maximum atomic E-state index is 11.3. The first kappa shape index (κ1) is 28.6. The summed E-state index contributed by atoms with van der Waals surface area (Å²) in [5.41, 5.74) is 0. The lowest BCUT2D eigenvalue weighted by molar-refractivity contribution is -0.143. The van der Waals surface area contributed by atoms with Crippen LogP contribution in [0, 0.1) is 0 Å². The number of nitrogens with one attached hydrogen (secondary N) is 1. The molecule has 10 nitrogen and oxygen atoms in total. The van der Waals surface area contributed by atoms with Crippen LogP contribution in [0.5, 0.6) is 0 Å². The van der Waals surface area contributed by atoms with E-state index >= 15 is 0 Å². The number of carboxylic acid groups (broad SMARTS) is 1. The molecule has 0 aromatic heterocycles. The van der Waals surface area contributed by atoms with E-state index in [0.29, 0.717) is 52.7 Å². The number of carboxylic acids is 1. The predicted octanol–water partition coefficient (Wildman–Crippen LogP) is 0.00990. The fourth-order valence-electron chi connectivity index (χ4n) is 1.52. The number of aliphatic hydroxyl groups excluding tert-OH is 1. The maximum Gasteiger partial charge on any atom is 0.306 e. The Bertz CT molecular complexity index is 380. The molecule has 0 aromatic carbocycles. The van der Waals surface area contributed by atoms with Crippen molar-refractivity contribution in [1.82, 2.24) is 5.32 Å². The molecule has 0 rings (SSSR count). The Hall–Kier alpha value is -1.59. The van der Waals surface area contributed by atoms with Crippen molar-refractivity contribution in [3.63, 3.8) is 0 Å². The number of aldehydes is 1. The quantitative estimate of drug-likeness (QED) is 0.211. The molecule has 0 spiro atoms. The summed E-state index contributed by atoms with van der Waals surface area (Å²) in [4.78, 5) is 31.6. The zero-order valence-electron chi connectivity index (χ0n) is 16.9. The van der Waals surface area contributed by atoms with Crippen molar-refractivity contribution >= 4 is 18.2 Å². The highest BCUT2D eigenvalue weighted by molar-refractivity contribution is 5.84. The molecular weight excluding hydrogens is 374 g/mol. The summed E-state index contributed by atoms with van der Waals surface area (Å²) in [6.07, 6.45) is 0.243. The Morgan fingerprint density at radius 3 is 1.75 bits per heavy atom. The largest absolute Gasteiger partial charge is 0.481 e. The Morgan fingerprint density at radius 1 is 0.893 bits per heavy atom. The molecule has 0 saturated carbocycles. The van der Waals surface area contributed by atoms with Crippen LogP contribution in [0.1, 0.15) is 33.1 Å². The van der Waals surface area contributed by atoms with Gasteiger partial charge in [-0.25, -0.2) is 0 Å². The third kappa shape index (κ3) is 24.4. The number of ether oxygens (including phenoxy) is 4. The van der Waals surface area contributed by atoms with Gasteiger partial charge >= 0.3 is 5.97 Å². The van der Waals surface area contributed by atoms with Crippen LogP contribution in [0.2, 0.25) is 0 Å². The van der Waals surface area contributed by atoms with Gasteiger partial charge in [-0.3, -0.25) is 9.59 Å². The van der Waals surface area contributed by atoms with Gasteiger partial charge in [-0.05, 0) is 0 Å². The smallest absolute Gasteiger partial charge is 0.306 e. The lowest BCUT2D eigenvalue weighted by Crippen LogP contribution is -2.37. The van der Waals surface area contributed by atoms with Crippen LogP contribution in [0.4, 0.5) is 0 Å². The number of carbonyl (C=O) groups is 3. The Balaban J connectivity index is 0. The molecule has 1 atom stereocenters. The third-order valence-corrected chi connectivity index (χ3v) is 2.71. The van der Waals surface area contributed by atoms with Gasteiger partial charge in [-0.1, -0.05) is 20.3 Å². The van der Waals surface area contributed by atoms with Gasteiger partial charge in [0.05, 0.1) is 59.3 Å². The Labute approximate surface area is 166 Å². The second-order valence-electron chi connectivity index (χ2n) is 5.52. The lowest BCUT2D eigenvalue weighted by Gasteiger charge is -2.10. The zero-order valence-corrected chi connectivity index (χ0v) is 16.9. The molecule has 0 aliphatic rings. The van der Waals surface area contributed by atoms with E-state index in [1.165, 1.54) is 6.42 Å². The van der Waals surface area contributed by atoms with Crippen molar-refractivity contribution in [1.29, 1.82) is 0 Å². The molecule has 0 saturated heterocycles. The summed E-state index contributed by atoms with van der Waals surface area (Å²) >= 11 is 0. The molecule has 3 N–H and O–H groups in total. The molecule has 1 unspecified atom stereocenters. The first-order chi connectivity index (χ1) is 13.5.